The van der Waals surface area contributed by atoms with Crippen LogP contribution in [-0.2, 0) is 12.0 Å². The fourth-order valence-electron chi connectivity index (χ4n) is 2.90. The van der Waals surface area contributed by atoms with Crippen LogP contribution in [0.2, 0.25) is 0 Å². The van der Waals surface area contributed by atoms with Gasteiger partial charge in [0, 0.05) is 17.2 Å². The van der Waals surface area contributed by atoms with E-state index in [2.05, 4.69) is 32.2 Å². The Labute approximate surface area is 155 Å². The Hall–Kier alpha value is -2.49. The molecular formula is C22H27NO3. The fourth-order valence-corrected chi connectivity index (χ4v) is 2.90. The number of rotatable bonds is 6. The van der Waals surface area contributed by atoms with Gasteiger partial charge in [-0.1, -0.05) is 39.0 Å². The summed E-state index contributed by atoms with van der Waals surface area (Å²) in [5, 5.41) is 3.02. The van der Waals surface area contributed by atoms with E-state index in [1.54, 1.807) is 13.2 Å². The summed E-state index contributed by atoms with van der Waals surface area (Å²) < 4.78 is 11.6. The van der Waals surface area contributed by atoms with E-state index in [0.717, 1.165) is 35.5 Å². The van der Waals surface area contributed by atoms with Crippen LogP contribution in [0, 0.1) is 0 Å². The lowest BCUT2D eigenvalue weighted by Gasteiger charge is -2.23. The van der Waals surface area contributed by atoms with Crippen LogP contribution in [0.15, 0.2) is 42.5 Å². The average molecular weight is 353 g/mol. The lowest BCUT2D eigenvalue weighted by molar-refractivity contribution is 0.0951. The van der Waals surface area contributed by atoms with E-state index in [9.17, 15) is 4.79 Å². The molecule has 0 radical (unpaired) electrons. The van der Waals surface area contributed by atoms with E-state index >= 15 is 0 Å². The zero-order valence-corrected chi connectivity index (χ0v) is 16.0. The van der Waals surface area contributed by atoms with Crippen molar-refractivity contribution in [2.75, 3.05) is 7.11 Å². The number of benzene rings is 2. The molecule has 0 saturated heterocycles. The summed E-state index contributed by atoms with van der Waals surface area (Å²) in [7, 11) is 1.63. The molecule has 0 bridgehead atoms. The number of carbonyl (C=O) groups is 1. The Morgan fingerprint density at radius 1 is 1.12 bits per heavy atom. The SMILES string of the molecule is COc1ccc(C(=O)NC2CC2)cc1COc1ccccc1C(C)(C)C. The predicted molar refractivity (Wildman–Crippen MR) is 103 cm³/mol. The molecule has 0 aromatic heterocycles. The first-order valence-corrected chi connectivity index (χ1v) is 9.08. The first kappa shape index (κ1) is 18.3. The number of para-hydroxylation sites is 1. The molecule has 4 nitrogen and oxygen atoms in total. The molecule has 0 spiro atoms. The maximum absolute atomic E-state index is 12.3. The average Bonchev–Trinajstić information content (AvgIpc) is 3.43. The lowest BCUT2D eigenvalue weighted by Crippen LogP contribution is -2.25. The number of methoxy groups -OCH3 is 1. The number of hydrogen-bond acceptors (Lipinski definition) is 3. The molecule has 1 N–H and O–H groups in total. The van der Waals surface area contributed by atoms with E-state index in [-0.39, 0.29) is 11.3 Å². The van der Waals surface area contributed by atoms with Crippen LogP contribution in [0.25, 0.3) is 0 Å². The number of amides is 1. The van der Waals surface area contributed by atoms with E-state index in [0.29, 0.717) is 18.2 Å². The maximum Gasteiger partial charge on any atom is 0.251 e. The Morgan fingerprint density at radius 2 is 1.85 bits per heavy atom. The Morgan fingerprint density at radius 3 is 2.50 bits per heavy atom. The summed E-state index contributed by atoms with van der Waals surface area (Å²) in [6.45, 7) is 6.84. The molecule has 4 heteroatoms. The van der Waals surface area contributed by atoms with Crippen LogP contribution in [0.1, 0.15) is 55.1 Å². The lowest BCUT2D eigenvalue weighted by atomic mass is 9.86. The summed E-state index contributed by atoms with van der Waals surface area (Å²) in [6.07, 6.45) is 2.14. The number of carbonyl (C=O) groups excluding carboxylic acids is 1. The second kappa shape index (κ2) is 7.40. The van der Waals surface area contributed by atoms with Gasteiger partial charge in [-0.05, 0) is 48.1 Å². The van der Waals surface area contributed by atoms with Gasteiger partial charge in [-0.25, -0.2) is 0 Å². The van der Waals surface area contributed by atoms with Gasteiger partial charge in [0.05, 0.1) is 7.11 Å². The van der Waals surface area contributed by atoms with Gasteiger partial charge in [-0.3, -0.25) is 4.79 Å². The van der Waals surface area contributed by atoms with Crippen molar-refractivity contribution in [2.45, 2.75) is 51.7 Å². The van der Waals surface area contributed by atoms with Crippen molar-refractivity contribution in [3.63, 3.8) is 0 Å². The van der Waals surface area contributed by atoms with Gasteiger partial charge in [0.25, 0.3) is 5.91 Å². The molecule has 1 aliphatic carbocycles. The molecule has 1 saturated carbocycles. The number of hydrogen-bond donors (Lipinski definition) is 1. The minimum atomic E-state index is -0.0357. The van der Waals surface area contributed by atoms with Crippen LogP contribution in [-0.4, -0.2) is 19.1 Å². The highest BCUT2D eigenvalue weighted by Gasteiger charge is 2.24. The zero-order chi connectivity index (χ0) is 18.7. The van der Waals surface area contributed by atoms with Crippen LogP contribution in [0.5, 0.6) is 11.5 Å². The molecule has 0 aliphatic heterocycles. The quantitative estimate of drug-likeness (QED) is 0.834. The third kappa shape index (κ3) is 4.37. The van der Waals surface area contributed by atoms with E-state index in [1.165, 1.54) is 0 Å². The van der Waals surface area contributed by atoms with Crippen molar-refractivity contribution in [1.82, 2.24) is 5.32 Å². The van der Waals surface area contributed by atoms with Crippen molar-refractivity contribution in [3.05, 3.63) is 59.2 Å². The van der Waals surface area contributed by atoms with Gasteiger partial charge in [-0.15, -0.1) is 0 Å². The largest absolute Gasteiger partial charge is 0.496 e. The van der Waals surface area contributed by atoms with E-state index in [1.807, 2.05) is 30.3 Å². The maximum atomic E-state index is 12.3. The highest BCUT2D eigenvalue weighted by Crippen LogP contribution is 2.32. The van der Waals surface area contributed by atoms with Crippen molar-refractivity contribution in [3.8, 4) is 11.5 Å². The summed E-state index contributed by atoms with van der Waals surface area (Å²) in [5.41, 5.74) is 2.65. The molecule has 1 aliphatic rings. The van der Waals surface area contributed by atoms with Crippen molar-refractivity contribution in [1.29, 1.82) is 0 Å². The first-order chi connectivity index (χ1) is 12.4. The Bertz CT molecular complexity index is 788. The summed E-state index contributed by atoms with van der Waals surface area (Å²) in [6, 6.07) is 13.9. The van der Waals surface area contributed by atoms with Crippen LogP contribution in [0.3, 0.4) is 0 Å². The molecule has 3 rings (SSSR count). The standard InChI is InChI=1S/C22H27NO3/c1-22(2,3)18-7-5-6-8-20(18)26-14-16-13-15(9-12-19(16)25-4)21(24)23-17-10-11-17/h5-9,12-13,17H,10-11,14H2,1-4H3,(H,23,24). The number of ether oxygens (including phenoxy) is 2. The van der Waals surface area contributed by atoms with Gasteiger partial charge in [0.15, 0.2) is 0 Å². The second-order valence-electron chi connectivity index (χ2n) is 7.81. The smallest absolute Gasteiger partial charge is 0.251 e. The minimum absolute atomic E-state index is 0.00726. The molecule has 2 aromatic rings. The molecule has 0 atom stereocenters. The van der Waals surface area contributed by atoms with Crippen LogP contribution >= 0.6 is 0 Å². The third-order valence-electron chi connectivity index (χ3n) is 4.53. The van der Waals surface area contributed by atoms with Crippen LogP contribution in [0.4, 0.5) is 0 Å². The van der Waals surface area contributed by atoms with Gasteiger partial charge in [0.2, 0.25) is 0 Å². The van der Waals surface area contributed by atoms with Crippen molar-refractivity contribution in [2.24, 2.45) is 0 Å². The van der Waals surface area contributed by atoms with E-state index in [4.69, 9.17) is 9.47 Å². The third-order valence-corrected chi connectivity index (χ3v) is 4.53. The van der Waals surface area contributed by atoms with Gasteiger partial charge < -0.3 is 14.8 Å². The molecule has 0 unspecified atom stereocenters. The minimum Gasteiger partial charge on any atom is -0.496 e. The monoisotopic (exact) mass is 353 g/mol. The molecule has 1 amide bonds. The molecule has 138 valence electrons. The molecule has 1 fully saturated rings. The first-order valence-electron chi connectivity index (χ1n) is 9.08. The summed E-state index contributed by atoms with van der Waals surface area (Å²) in [4.78, 5) is 12.3. The van der Waals surface area contributed by atoms with Crippen molar-refractivity contribution < 1.29 is 14.3 Å². The fraction of sp³-hybridized carbons (Fsp3) is 0.409. The highest BCUT2D eigenvalue weighted by molar-refractivity contribution is 5.95. The van der Waals surface area contributed by atoms with Crippen molar-refractivity contribution >= 4 is 5.91 Å². The van der Waals surface area contributed by atoms with Gasteiger partial charge >= 0.3 is 0 Å². The molecule has 2 aromatic carbocycles. The Kier molecular flexibility index (Phi) is 5.21. The zero-order valence-electron chi connectivity index (χ0n) is 16.0. The Balaban J connectivity index is 1.79. The second-order valence-corrected chi connectivity index (χ2v) is 7.81. The topological polar surface area (TPSA) is 47.6 Å². The highest BCUT2D eigenvalue weighted by atomic mass is 16.5. The normalized spacial score (nSPS) is 14.0. The summed E-state index contributed by atoms with van der Waals surface area (Å²) in [5.74, 6) is 1.54. The van der Waals surface area contributed by atoms with Gasteiger partial charge in [0.1, 0.15) is 18.1 Å². The summed E-state index contributed by atoms with van der Waals surface area (Å²) >= 11 is 0. The molecule has 0 heterocycles. The number of nitrogens with one attached hydrogen (secondary N) is 1. The molecular weight excluding hydrogens is 326 g/mol. The predicted octanol–water partition coefficient (Wildman–Crippen LogP) is 4.46. The molecule has 26 heavy (non-hydrogen) atoms. The van der Waals surface area contributed by atoms with Gasteiger partial charge in [-0.2, -0.15) is 0 Å². The van der Waals surface area contributed by atoms with Crippen LogP contribution < -0.4 is 14.8 Å². The van der Waals surface area contributed by atoms with E-state index < -0.39 is 0 Å².